The van der Waals surface area contributed by atoms with E-state index in [4.69, 9.17) is 5.73 Å². The lowest BCUT2D eigenvalue weighted by Gasteiger charge is -2.30. The van der Waals surface area contributed by atoms with Gasteiger partial charge in [-0.05, 0) is 32.6 Å². The molecule has 1 saturated carbocycles. The topological polar surface area (TPSA) is 55.1 Å². The van der Waals surface area contributed by atoms with E-state index in [-0.39, 0.29) is 5.91 Å². The summed E-state index contributed by atoms with van der Waals surface area (Å²) in [6, 6.07) is 0.353. The minimum Gasteiger partial charge on any atom is -0.368 e. The molecule has 1 fully saturated rings. The van der Waals surface area contributed by atoms with Gasteiger partial charge in [-0.25, -0.2) is 0 Å². The standard InChI is InChI=1S/C11H22N2O/c1-4-8(2)13-11(3,10(12)14)7-9-5-6-9/h8-9,13H,4-7H2,1-3H3,(H2,12,14). The van der Waals surface area contributed by atoms with Crippen molar-refractivity contribution in [2.24, 2.45) is 11.7 Å². The van der Waals surface area contributed by atoms with E-state index in [1.165, 1.54) is 12.8 Å². The minimum absolute atomic E-state index is 0.218. The fraction of sp³-hybridized carbons (Fsp3) is 0.909. The van der Waals surface area contributed by atoms with Crippen LogP contribution in [0.15, 0.2) is 0 Å². The molecule has 1 rings (SSSR count). The van der Waals surface area contributed by atoms with E-state index in [1.807, 2.05) is 6.92 Å². The molecule has 0 heterocycles. The number of hydrogen-bond donors (Lipinski definition) is 2. The fourth-order valence-electron chi connectivity index (χ4n) is 1.78. The Labute approximate surface area is 86.4 Å². The molecule has 3 N–H and O–H groups in total. The molecule has 3 heteroatoms. The molecular formula is C11H22N2O. The van der Waals surface area contributed by atoms with Crippen molar-refractivity contribution < 1.29 is 4.79 Å². The molecular weight excluding hydrogens is 176 g/mol. The van der Waals surface area contributed by atoms with E-state index in [0.29, 0.717) is 12.0 Å². The predicted octanol–water partition coefficient (Wildman–Crippen LogP) is 1.42. The van der Waals surface area contributed by atoms with Gasteiger partial charge in [0.15, 0.2) is 0 Å². The molecule has 1 amide bonds. The molecule has 82 valence electrons. The van der Waals surface area contributed by atoms with Crippen LogP contribution in [-0.4, -0.2) is 17.5 Å². The maximum atomic E-state index is 11.4. The van der Waals surface area contributed by atoms with Gasteiger partial charge in [0.2, 0.25) is 5.91 Å². The molecule has 0 aliphatic heterocycles. The van der Waals surface area contributed by atoms with Crippen molar-refractivity contribution in [1.29, 1.82) is 0 Å². The first-order chi connectivity index (χ1) is 6.48. The third-order valence-corrected chi connectivity index (χ3v) is 3.12. The van der Waals surface area contributed by atoms with Crippen molar-refractivity contribution >= 4 is 5.91 Å². The Bertz CT molecular complexity index is 213. The zero-order valence-corrected chi connectivity index (χ0v) is 9.47. The van der Waals surface area contributed by atoms with Crippen LogP contribution in [0.25, 0.3) is 0 Å². The van der Waals surface area contributed by atoms with Crippen LogP contribution in [0.1, 0.15) is 46.5 Å². The highest BCUT2D eigenvalue weighted by molar-refractivity contribution is 5.84. The number of hydrogen-bond acceptors (Lipinski definition) is 2. The molecule has 1 aliphatic rings. The summed E-state index contributed by atoms with van der Waals surface area (Å²) in [5.74, 6) is 0.494. The first-order valence-corrected chi connectivity index (χ1v) is 5.55. The fourth-order valence-corrected chi connectivity index (χ4v) is 1.78. The minimum atomic E-state index is -0.503. The quantitative estimate of drug-likeness (QED) is 0.678. The molecule has 0 spiro atoms. The van der Waals surface area contributed by atoms with Crippen molar-refractivity contribution in [1.82, 2.24) is 5.32 Å². The van der Waals surface area contributed by atoms with E-state index in [1.54, 1.807) is 0 Å². The summed E-state index contributed by atoms with van der Waals surface area (Å²) in [7, 11) is 0. The van der Waals surface area contributed by atoms with E-state index in [9.17, 15) is 4.79 Å². The largest absolute Gasteiger partial charge is 0.368 e. The zero-order chi connectivity index (χ0) is 10.8. The Balaban J connectivity index is 2.54. The summed E-state index contributed by atoms with van der Waals surface area (Å²) in [6.07, 6.45) is 4.43. The van der Waals surface area contributed by atoms with E-state index in [2.05, 4.69) is 19.2 Å². The maximum absolute atomic E-state index is 11.4. The summed E-state index contributed by atoms with van der Waals surface area (Å²) in [6.45, 7) is 6.13. The number of amides is 1. The molecule has 0 aromatic heterocycles. The molecule has 3 nitrogen and oxygen atoms in total. The van der Waals surface area contributed by atoms with Crippen LogP contribution in [0.4, 0.5) is 0 Å². The average Bonchev–Trinajstić information content (AvgIpc) is 2.87. The van der Waals surface area contributed by atoms with Crippen LogP contribution in [0, 0.1) is 5.92 Å². The highest BCUT2D eigenvalue weighted by atomic mass is 16.1. The lowest BCUT2D eigenvalue weighted by atomic mass is 9.92. The summed E-state index contributed by atoms with van der Waals surface area (Å²) in [5, 5.41) is 3.34. The Morgan fingerprint density at radius 3 is 2.57 bits per heavy atom. The Morgan fingerprint density at radius 2 is 2.21 bits per heavy atom. The van der Waals surface area contributed by atoms with Gasteiger partial charge in [0.1, 0.15) is 0 Å². The lowest BCUT2D eigenvalue weighted by molar-refractivity contribution is -0.124. The first-order valence-electron chi connectivity index (χ1n) is 5.55. The Morgan fingerprint density at radius 1 is 1.64 bits per heavy atom. The van der Waals surface area contributed by atoms with Crippen LogP contribution in [0.5, 0.6) is 0 Å². The van der Waals surface area contributed by atoms with Gasteiger partial charge in [-0.15, -0.1) is 0 Å². The molecule has 2 unspecified atom stereocenters. The Hall–Kier alpha value is -0.570. The molecule has 2 atom stereocenters. The third-order valence-electron chi connectivity index (χ3n) is 3.12. The number of rotatable bonds is 6. The van der Waals surface area contributed by atoms with E-state index in [0.717, 1.165) is 12.8 Å². The number of carbonyl (C=O) groups excluding carboxylic acids is 1. The van der Waals surface area contributed by atoms with E-state index < -0.39 is 5.54 Å². The molecule has 0 bridgehead atoms. The van der Waals surface area contributed by atoms with Crippen molar-refractivity contribution in [3.8, 4) is 0 Å². The molecule has 1 aliphatic carbocycles. The van der Waals surface area contributed by atoms with Crippen LogP contribution in [-0.2, 0) is 4.79 Å². The van der Waals surface area contributed by atoms with Crippen LogP contribution in [0.3, 0.4) is 0 Å². The second kappa shape index (κ2) is 4.30. The molecule has 0 radical (unpaired) electrons. The first kappa shape index (κ1) is 11.5. The molecule has 0 aromatic carbocycles. The van der Waals surface area contributed by atoms with Crippen LogP contribution < -0.4 is 11.1 Å². The van der Waals surface area contributed by atoms with Crippen LogP contribution in [0.2, 0.25) is 0 Å². The zero-order valence-electron chi connectivity index (χ0n) is 9.47. The normalized spacial score (nSPS) is 22.8. The second-order valence-corrected chi connectivity index (χ2v) is 4.80. The van der Waals surface area contributed by atoms with E-state index >= 15 is 0 Å². The summed E-state index contributed by atoms with van der Waals surface area (Å²) in [5.41, 5.74) is 4.95. The highest BCUT2D eigenvalue weighted by Gasteiger charge is 2.38. The maximum Gasteiger partial charge on any atom is 0.237 e. The SMILES string of the molecule is CCC(C)NC(C)(CC1CC1)C(N)=O. The lowest BCUT2D eigenvalue weighted by Crippen LogP contribution is -2.56. The van der Waals surface area contributed by atoms with Gasteiger partial charge in [-0.3, -0.25) is 4.79 Å². The number of nitrogens with two attached hydrogens (primary N) is 1. The molecule has 0 saturated heterocycles. The number of nitrogens with one attached hydrogen (secondary N) is 1. The molecule has 0 aromatic rings. The van der Waals surface area contributed by atoms with Gasteiger partial charge in [-0.1, -0.05) is 19.8 Å². The van der Waals surface area contributed by atoms with Gasteiger partial charge in [0, 0.05) is 6.04 Å². The third kappa shape index (κ3) is 2.98. The summed E-state index contributed by atoms with van der Waals surface area (Å²) in [4.78, 5) is 11.4. The second-order valence-electron chi connectivity index (χ2n) is 4.80. The summed E-state index contributed by atoms with van der Waals surface area (Å²) >= 11 is 0. The highest BCUT2D eigenvalue weighted by Crippen LogP contribution is 2.36. The van der Waals surface area contributed by atoms with Gasteiger partial charge in [0.05, 0.1) is 5.54 Å². The number of primary amides is 1. The number of carbonyl (C=O) groups is 1. The summed E-state index contributed by atoms with van der Waals surface area (Å²) < 4.78 is 0. The van der Waals surface area contributed by atoms with Crippen molar-refractivity contribution in [2.45, 2.75) is 58.0 Å². The van der Waals surface area contributed by atoms with Gasteiger partial charge < -0.3 is 11.1 Å². The van der Waals surface area contributed by atoms with Gasteiger partial charge >= 0.3 is 0 Å². The average molecular weight is 198 g/mol. The predicted molar refractivity (Wildman–Crippen MR) is 57.8 cm³/mol. The molecule has 14 heavy (non-hydrogen) atoms. The van der Waals surface area contributed by atoms with Gasteiger partial charge in [-0.2, -0.15) is 0 Å². The van der Waals surface area contributed by atoms with Crippen molar-refractivity contribution in [2.75, 3.05) is 0 Å². The monoisotopic (exact) mass is 198 g/mol. The Kier molecular flexibility index (Phi) is 3.53. The van der Waals surface area contributed by atoms with Crippen molar-refractivity contribution in [3.05, 3.63) is 0 Å². The van der Waals surface area contributed by atoms with Crippen LogP contribution >= 0.6 is 0 Å². The van der Waals surface area contributed by atoms with Gasteiger partial charge in [0.25, 0.3) is 0 Å². The smallest absolute Gasteiger partial charge is 0.237 e. The van der Waals surface area contributed by atoms with Crippen molar-refractivity contribution in [3.63, 3.8) is 0 Å².